The molecule has 4 rings (SSSR count). The average molecular weight is 259 g/mol. The number of hydrogen-bond acceptors (Lipinski definition) is 5. The van der Waals surface area contributed by atoms with E-state index >= 15 is 0 Å². The first-order valence-corrected chi connectivity index (χ1v) is 6.84. The summed E-state index contributed by atoms with van der Waals surface area (Å²) in [6.45, 7) is 3.21. The lowest BCUT2D eigenvalue weighted by atomic mass is 9.92. The zero-order valence-corrected chi connectivity index (χ0v) is 10.7. The van der Waals surface area contributed by atoms with Gasteiger partial charge in [-0.05, 0) is 24.8 Å². The van der Waals surface area contributed by atoms with E-state index in [1.165, 1.54) is 12.8 Å². The van der Waals surface area contributed by atoms with E-state index < -0.39 is 0 Å². The lowest BCUT2D eigenvalue weighted by Gasteiger charge is -2.36. The van der Waals surface area contributed by atoms with E-state index in [0.29, 0.717) is 6.04 Å². The molecule has 2 aromatic heterocycles. The van der Waals surface area contributed by atoms with Crippen LogP contribution in [-0.4, -0.2) is 40.9 Å². The van der Waals surface area contributed by atoms with Crippen LogP contribution in [0.5, 0.6) is 0 Å². The molecule has 4 heterocycles. The molecule has 19 heavy (non-hydrogen) atoms. The van der Waals surface area contributed by atoms with Gasteiger partial charge in [-0.3, -0.25) is 5.10 Å². The number of aromatic nitrogens is 3. The number of H-pyrrole nitrogens is 1. The molecule has 2 aliphatic rings. The molecule has 2 aliphatic heterocycles. The minimum atomic E-state index is 0.543. The maximum Gasteiger partial charge on any atom is 0.245 e. The van der Waals surface area contributed by atoms with Crippen LogP contribution in [0.4, 0.5) is 5.95 Å². The third kappa shape index (κ3) is 1.83. The van der Waals surface area contributed by atoms with Crippen molar-refractivity contribution in [3.63, 3.8) is 0 Å². The van der Waals surface area contributed by atoms with Crippen LogP contribution in [0.15, 0.2) is 23.0 Å². The Hall–Kier alpha value is -1.82. The molecule has 2 atom stereocenters. The van der Waals surface area contributed by atoms with E-state index in [2.05, 4.69) is 25.4 Å². The van der Waals surface area contributed by atoms with Crippen LogP contribution >= 0.6 is 0 Å². The number of nitrogens with zero attached hydrogens (tertiary/aromatic N) is 3. The smallest absolute Gasteiger partial charge is 0.245 e. The van der Waals surface area contributed by atoms with Crippen molar-refractivity contribution in [1.29, 1.82) is 0 Å². The highest BCUT2D eigenvalue weighted by Crippen LogP contribution is 2.29. The molecule has 6 heteroatoms. The normalized spacial score (nSPS) is 26.6. The molecule has 2 fully saturated rings. The van der Waals surface area contributed by atoms with Crippen LogP contribution in [0.25, 0.3) is 11.4 Å². The monoisotopic (exact) mass is 259 g/mol. The zero-order valence-electron chi connectivity index (χ0n) is 10.7. The molecule has 0 aliphatic carbocycles. The molecule has 0 amide bonds. The predicted molar refractivity (Wildman–Crippen MR) is 70.8 cm³/mol. The SMILES string of the molecule is c1cc(-c2nc(N3CCCC4CNCC43)n[nH]2)co1. The standard InChI is InChI=1S/C13H17N5O/c1-2-9-6-14-7-11(9)18(4-1)13-15-12(16-17-13)10-3-5-19-8-10/h3,5,8-9,11,14H,1-2,4,6-7H2,(H,15,16,17). The maximum absolute atomic E-state index is 5.08. The number of fused-ring (bicyclic) bond motifs is 1. The second kappa shape index (κ2) is 4.38. The van der Waals surface area contributed by atoms with Gasteiger partial charge in [-0.1, -0.05) is 0 Å². The van der Waals surface area contributed by atoms with Crippen LogP contribution in [0.1, 0.15) is 12.8 Å². The van der Waals surface area contributed by atoms with Crippen molar-refractivity contribution in [2.45, 2.75) is 18.9 Å². The number of rotatable bonds is 2. The Labute approximate surface area is 111 Å². The molecule has 0 bridgehead atoms. The summed E-state index contributed by atoms with van der Waals surface area (Å²) < 4.78 is 5.08. The number of aromatic amines is 1. The summed E-state index contributed by atoms with van der Waals surface area (Å²) >= 11 is 0. The van der Waals surface area contributed by atoms with Gasteiger partial charge in [0.1, 0.15) is 6.26 Å². The number of nitrogens with one attached hydrogen (secondary N) is 2. The first-order valence-electron chi connectivity index (χ1n) is 6.84. The molecule has 6 nitrogen and oxygen atoms in total. The van der Waals surface area contributed by atoms with Crippen molar-refractivity contribution in [2.75, 3.05) is 24.5 Å². The van der Waals surface area contributed by atoms with Gasteiger partial charge in [0.2, 0.25) is 5.95 Å². The van der Waals surface area contributed by atoms with Gasteiger partial charge in [-0.15, -0.1) is 5.10 Å². The van der Waals surface area contributed by atoms with Gasteiger partial charge in [0, 0.05) is 25.7 Å². The topological polar surface area (TPSA) is 70.0 Å². The van der Waals surface area contributed by atoms with E-state index in [9.17, 15) is 0 Å². The number of anilines is 1. The van der Waals surface area contributed by atoms with Gasteiger partial charge in [-0.25, -0.2) is 0 Å². The van der Waals surface area contributed by atoms with Crippen molar-refractivity contribution >= 4 is 5.95 Å². The van der Waals surface area contributed by atoms with E-state index in [1.54, 1.807) is 12.5 Å². The Morgan fingerprint density at radius 3 is 3.26 bits per heavy atom. The highest BCUT2D eigenvalue weighted by atomic mass is 16.3. The van der Waals surface area contributed by atoms with Gasteiger partial charge >= 0.3 is 0 Å². The molecule has 2 aromatic rings. The quantitative estimate of drug-likeness (QED) is 0.849. The highest BCUT2D eigenvalue weighted by Gasteiger charge is 2.36. The summed E-state index contributed by atoms with van der Waals surface area (Å²) in [5.41, 5.74) is 0.942. The molecular formula is C13H17N5O. The summed E-state index contributed by atoms with van der Waals surface area (Å²) in [7, 11) is 0. The zero-order chi connectivity index (χ0) is 12.7. The first kappa shape index (κ1) is 11.0. The van der Waals surface area contributed by atoms with E-state index in [0.717, 1.165) is 42.9 Å². The fourth-order valence-electron chi connectivity index (χ4n) is 3.23. The van der Waals surface area contributed by atoms with Crippen molar-refractivity contribution < 1.29 is 4.42 Å². The van der Waals surface area contributed by atoms with E-state index in [4.69, 9.17) is 4.42 Å². The lowest BCUT2D eigenvalue weighted by molar-refractivity contribution is 0.381. The van der Waals surface area contributed by atoms with Crippen molar-refractivity contribution in [2.24, 2.45) is 5.92 Å². The third-order valence-electron chi connectivity index (χ3n) is 4.20. The Morgan fingerprint density at radius 2 is 2.37 bits per heavy atom. The van der Waals surface area contributed by atoms with Crippen LogP contribution in [-0.2, 0) is 0 Å². The van der Waals surface area contributed by atoms with Gasteiger partial charge < -0.3 is 14.6 Å². The maximum atomic E-state index is 5.08. The molecule has 0 saturated carbocycles. The fourth-order valence-corrected chi connectivity index (χ4v) is 3.23. The third-order valence-corrected chi connectivity index (χ3v) is 4.20. The lowest BCUT2D eigenvalue weighted by Crippen LogP contribution is -2.45. The Bertz CT molecular complexity index is 549. The molecule has 0 aromatic carbocycles. The summed E-state index contributed by atoms with van der Waals surface area (Å²) in [6.07, 6.45) is 5.86. The van der Waals surface area contributed by atoms with Crippen LogP contribution in [0.2, 0.25) is 0 Å². The first-order chi connectivity index (χ1) is 9.42. The average Bonchev–Trinajstić information content (AvgIpc) is 3.18. The van der Waals surface area contributed by atoms with E-state index in [-0.39, 0.29) is 0 Å². The fraction of sp³-hybridized carbons (Fsp3) is 0.538. The minimum Gasteiger partial charge on any atom is -0.472 e. The van der Waals surface area contributed by atoms with E-state index in [1.807, 2.05) is 6.07 Å². The Kier molecular flexibility index (Phi) is 2.55. The molecule has 0 spiro atoms. The Balaban J connectivity index is 1.62. The predicted octanol–water partition coefficient (Wildman–Crippen LogP) is 1.25. The summed E-state index contributed by atoms with van der Waals surface area (Å²) in [5, 5.41) is 10.9. The molecule has 2 unspecified atom stereocenters. The molecule has 2 N–H and O–H groups in total. The van der Waals surface area contributed by atoms with Gasteiger partial charge in [0.15, 0.2) is 5.82 Å². The van der Waals surface area contributed by atoms with Gasteiger partial charge in [0.25, 0.3) is 0 Å². The van der Waals surface area contributed by atoms with Crippen LogP contribution in [0.3, 0.4) is 0 Å². The Morgan fingerprint density at radius 1 is 1.37 bits per heavy atom. The summed E-state index contributed by atoms with van der Waals surface area (Å²) in [5.74, 6) is 2.33. The largest absolute Gasteiger partial charge is 0.472 e. The van der Waals surface area contributed by atoms with Crippen LogP contribution in [0, 0.1) is 5.92 Å². The van der Waals surface area contributed by atoms with Crippen molar-refractivity contribution in [1.82, 2.24) is 20.5 Å². The van der Waals surface area contributed by atoms with Crippen molar-refractivity contribution in [3.8, 4) is 11.4 Å². The summed E-state index contributed by atoms with van der Waals surface area (Å²) in [4.78, 5) is 6.95. The molecule has 2 saturated heterocycles. The van der Waals surface area contributed by atoms with Crippen LogP contribution < -0.4 is 10.2 Å². The molecular weight excluding hydrogens is 242 g/mol. The molecule has 0 radical (unpaired) electrons. The van der Waals surface area contributed by atoms with Gasteiger partial charge in [-0.2, -0.15) is 4.98 Å². The number of furan rings is 1. The summed E-state index contributed by atoms with van der Waals surface area (Å²) in [6, 6.07) is 2.43. The number of hydrogen-bond donors (Lipinski definition) is 2. The minimum absolute atomic E-state index is 0.543. The highest BCUT2D eigenvalue weighted by molar-refractivity contribution is 5.54. The molecule has 100 valence electrons. The second-order valence-corrected chi connectivity index (χ2v) is 5.32. The number of piperidine rings is 1. The second-order valence-electron chi connectivity index (χ2n) is 5.32. The van der Waals surface area contributed by atoms with Crippen molar-refractivity contribution in [3.05, 3.63) is 18.6 Å². The van der Waals surface area contributed by atoms with Gasteiger partial charge in [0.05, 0.1) is 11.8 Å².